The molecule has 3 aromatic heterocycles. The second kappa shape index (κ2) is 9.54. The summed E-state index contributed by atoms with van der Waals surface area (Å²) < 4.78 is 4.81. The van der Waals surface area contributed by atoms with Crippen molar-refractivity contribution >= 4 is 54.4 Å². The van der Waals surface area contributed by atoms with Crippen LogP contribution in [0, 0.1) is 0 Å². The van der Waals surface area contributed by atoms with Gasteiger partial charge in [-0.05, 0) is 105 Å². The standard InChI is InChI=1S/C45H27N3/c1-2-10-31(11-3-1)47-41-15-6-4-12-34(41)37-24-28(17-19-43(37)47)29-18-20-44-38(25-29)35-13-5-7-16-42(35)48(44)32-23-30-9-8-14-36-33-21-22-46-27-40(33)39(26-32)45(30)36/h1-27H. The fraction of sp³-hybridized carbons (Fsp3) is 0. The fourth-order valence-corrected chi connectivity index (χ4v) is 8.26. The first-order chi connectivity index (χ1) is 23.8. The molecule has 3 nitrogen and oxygen atoms in total. The molecular weight excluding hydrogens is 583 g/mol. The highest BCUT2D eigenvalue weighted by molar-refractivity contribution is 6.17. The van der Waals surface area contributed by atoms with Gasteiger partial charge in [-0.3, -0.25) is 4.98 Å². The number of aromatic nitrogens is 3. The zero-order valence-electron chi connectivity index (χ0n) is 25.9. The summed E-state index contributed by atoms with van der Waals surface area (Å²) in [6, 6.07) is 55.5. The average Bonchev–Trinajstić information content (AvgIpc) is 3.78. The van der Waals surface area contributed by atoms with Gasteiger partial charge in [0.05, 0.1) is 22.1 Å². The van der Waals surface area contributed by atoms with Crippen molar-refractivity contribution in [2.75, 3.05) is 0 Å². The molecule has 7 aromatic carbocycles. The SMILES string of the molecule is c1ccc(-n2c3ccccc3c3cc(-c4ccc5c(c4)c4ccccc4n5-c4cc5c6c(cccc6c4)-c4ccncc4-5)ccc32)cc1. The molecule has 0 fully saturated rings. The van der Waals surface area contributed by atoms with E-state index in [1.54, 1.807) is 0 Å². The number of benzene rings is 7. The van der Waals surface area contributed by atoms with Crippen molar-refractivity contribution in [2.45, 2.75) is 0 Å². The molecule has 48 heavy (non-hydrogen) atoms. The number of nitrogens with zero attached hydrogens (tertiary/aromatic N) is 3. The van der Waals surface area contributed by atoms with Crippen LogP contribution in [0.15, 0.2) is 164 Å². The summed E-state index contributed by atoms with van der Waals surface area (Å²) in [5.41, 5.74) is 14.6. The van der Waals surface area contributed by atoms with E-state index >= 15 is 0 Å². The van der Waals surface area contributed by atoms with Gasteiger partial charge >= 0.3 is 0 Å². The van der Waals surface area contributed by atoms with Crippen LogP contribution in [0.5, 0.6) is 0 Å². The second-order valence-corrected chi connectivity index (χ2v) is 12.8. The van der Waals surface area contributed by atoms with E-state index < -0.39 is 0 Å². The lowest BCUT2D eigenvalue weighted by molar-refractivity contribution is 1.18. The quantitative estimate of drug-likeness (QED) is 0.195. The minimum absolute atomic E-state index is 1.17. The molecule has 0 amide bonds. The number of fused-ring (bicyclic) bond motifs is 9. The summed E-state index contributed by atoms with van der Waals surface area (Å²) >= 11 is 0. The van der Waals surface area contributed by atoms with Gasteiger partial charge in [-0.25, -0.2) is 0 Å². The predicted octanol–water partition coefficient (Wildman–Crippen LogP) is 11.7. The molecule has 1 aliphatic carbocycles. The third-order valence-corrected chi connectivity index (χ3v) is 10.3. The first-order valence-corrected chi connectivity index (χ1v) is 16.5. The highest BCUT2D eigenvalue weighted by Gasteiger charge is 2.23. The van der Waals surface area contributed by atoms with Crippen LogP contribution >= 0.6 is 0 Å². The number of pyridine rings is 1. The molecule has 0 unspecified atom stereocenters. The molecule has 11 rings (SSSR count). The molecule has 3 heterocycles. The number of hydrogen-bond donors (Lipinski definition) is 0. The van der Waals surface area contributed by atoms with Crippen molar-refractivity contribution in [3.63, 3.8) is 0 Å². The molecule has 0 bridgehead atoms. The lowest BCUT2D eigenvalue weighted by atomic mass is 10.0. The van der Waals surface area contributed by atoms with Crippen molar-refractivity contribution in [1.29, 1.82) is 0 Å². The van der Waals surface area contributed by atoms with Crippen LogP contribution in [-0.2, 0) is 0 Å². The van der Waals surface area contributed by atoms with E-state index in [9.17, 15) is 0 Å². The Bertz CT molecular complexity index is 2940. The van der Waals surface area contributed by atoms with Gasteiger partial charge in [-0.1, -0.05) is 84.9 Å². The Morgan fingerprint density at radius 1 is 0.375 bits per heavy atom. The lowest BCUT2D eigenvalue weighted by Crippen LogP contribution is -1.95. The van der Waals surface area contributed by atoms with Gasteiger partial charge in [-0.2, -0.15) is 0 Å². The number of hydrogen-bond acceptors (Lipinski definition) is 1. The van der Waals surface area contributed by atoms with Crippen molar-refractivity contribution in [2.24, 2.45) is 0 Å². The summed E-state index contributed by atoms with van der Waals surface area (Å²) in [5, 5.41) is 7.60. The molecule has 0 atom stereocenters. The maximum absolute atomic E-state index is 4.50. The van der Waals surface area contributed by atoms with E-state index in [0.29, 0.717) is 0 Å². The molecular formula is C45H27N3. The molecule has 0 N–H and O–H groups in total. The second-order valence-electron chi connectivity index (χ2n) is 12.8. The van der Waals surface area contributed by atoms with Gasteiger partial charge in [0.2, 0.25) is 0 Å². The van der Waals surface area contributed by atoms with Crippen LogP contribution in [0.1, 0.15) is 0 Å². The lowest BCUT2D eigenvalue weighted by Gasteiger charge is -2.12. The van der Waals surface area contributed by atoms with Gasteiger partial charge in [0.15, 0.2) is 0 Å². The third kappa shape index (κ3) is 3.45. The van der Waals surface area contributed by atoms with Crippen LogP contribution in [0.4, 0.5) is 0 Å². The minimum Gasteiger partial charge on any atom is -0.309 e. The summed E-state index contributed by atoms with van der Waals surface area (Å²) in [6.45, 7) is 0. The Balaban J connectivity index is 1.12. The number of para-hydroxylation sites is 3. The zero-order chi connectivity index (χ0) is 31.3. The molecule has 0 spiro atoms. The summed E-state index contributed by atoms with van der Waals surface area (Å²) in [7, 11) is 0. The zero-order valence-corrected chi connectivity index (χ0v) is 25.9. The summed E-state index contributed by atoms with van der Waals surface area (Å²) in [4.78, 5) is 4.50. The fourth-order valence-electron chi connectivity index (χ4n) is 8.26. The van der Waals surface area contributed by atoms with Gasteiger partial charge in [0, 0.05) is 50.9 Å². The molecule has 0 aliphatic heterocycles. The summed E-state index contributed by atoms with van der Waals surface area (Å²) in [6.07, 6.45) is 3.91. The monoisotopic (exact) mass is 609 g/mol. The van der Waals surface area contributed by atoms with E-state index in [-0.39, 0.29) is 0 Å². The molecule has 0 saturated carbocycles. The van der Waals surface area contributed by atoms with Gasteiger partial charge in [-0.15, -0.1) is 0 Å². The van der Waals surface area contributed by atoms with Crippen LogP contribution in [0.2, 0.25) is 0 Å². The van der Waals surface area contributed by atoms with E-state index in [4.69, 9.17) is 0 Å². The van der Waals surface area contributed by atoms with Gasteiger partial charge in [0.25, 0.3) is 0 Å². The van der Waals surface area contributed by atoms with E-state index in [1.165, 1.54) is 99.1 Å². The third-order valence-electron chi connectivity index (χ3n) is 10.3. The van der Waals surface area contributed by atoms with Gasteiger partial charge in [0.1, 0.15) is 0 Å². The Hall–Kier alpha value is -6.45. The Kier molecular flexibility index (Phi) is 5.11. The largest absolute Gasteiger partial charge is 0.309 e. The van der Waals surface area contributed by atoms with E-state index in [2.05, 4.69) is 166 Å². The van der Waals surface area contributed by atoms with Crippen LogP contribution in [0.3, 0.4) is 0 Å². The van der Waals surface area contributed by atoms with E-state index in [1.807, 2.05) is 12.4 Å². The van der Waals surface area contributed by atoms with Crippen molar-refractivity contribution in [3.05, 3.63) is 164 Å². The Morgan fingerprint density at radius 2 is 1.00 bits per heavy atom. The predicted molar refractivity (Wildman–Crippen MR) is 200 cm³/mol. The van der Waals surface area contributed by atoms with Crippen molar-refractivity contribution in [1.82, 2.24) is 14.1 Å². The first kappa shape index (κ1) is 25.7. The Labute approximate surface area is 276 Å². The maximum Gasteiger partial charge on any atom is 0.0541 e. The highest BCUT2D eigenvalue weighted by Crippen LogP contribution is 2.48. The van der Waals surface area contributed by atoms with Crippen molar-refractivity contribution in [3.8, 4) is 44.8 Å². The van der Waals surface area contributed by atoms with Gasteiger partial charge < -0.3 is 9.13 Å². The summed E-state index contributed by atoms with van der Waals surface area (Å²) in [5.74, 6) is 0. The first-order valence-electron chi connectivity index (χ1n) is 16.5. The van der Waals surface area contributed by atoms with E-state index in [0.717, 1.165) is 0 Å². The molecule has 1 aliphatic rings. The normalized spacial score (nSPS) is 12.2. The molecule has 222 valence electrons. The maximum atomic E-state index is 4.50. The highest BCUT2D eigenvalue weighted by atomic mass is 15.0. The van der Waals surface area contributed by atoms with Crippen LogP contribution < -0.4 is 0 Å². The van der Waals surface area contributed by atoms with Crippen LogP contribution in [0.25, 0.3) is 99.1 Å². The average molecular weight is 610 g/mol. The Morgan fingerprint density at radius 3 is 1.71 bits per heavy atom. The smallest absolute Gasteiger partial charge is 0.0541 e. The molecule has 3 heteroatoms. The minimum atomic E-state index is 1.17. The molecule has 10 aromatic rings. The molecule has 0 saturated heterocycles. The topological polar surface area (TPSA) is 22.8 Å². The molecule has 0 radical (unpaired) electrons. The number of rotatable bonds is 3. The van der Waals surface area contributed by atoms with Crippen molar-refractivity contribution < 1.29 is 0 Å². The van der Waals surface area contributed by atoms with Crippen LogP contribution in [-0.4, -0.2) is 14.1 Å².